The maximum absolute atomic E-state index is 13.9. The highest BCUT2D eigenvalue weighted by Crippen LogP contribution is 2.28. The summed E-state index contributed by atoms with van der Waals surface area (Å²) in [5, 5.41) is 14.3. The Morgan fingerprint density at radius 2 is 1.85 bits per heavy atom. The number of carbonyl (C=O) groups is 2. The number of anilines is 2. The molecule has 0 aliphatic heterocycles. The van der Waals surface area contributed by atoms with E-state index in [-0.39, 0.29) is 28.2 Å². The van der Waals surface area contributed by atoms with Gasteiger partial charge < -0.3 is 15.2 Å². The second-order valence-corrected chi connectivity index (χ2v) is 9.19. The van der Waals surface area contributed by atoms with Crippen molar-refractivity contribution in [2.45, 2.75) is 25.0 Å². The molecule has 3 rings (SSSR count). The number of aromatic nitrogens is 3. The lowest BCUT2D eigenvalue weighted by Gasteiger charge is -2.10. The van der Waals surface area contributed by atoms with Crippen LogP contribution in [0.1, 0.15) is 12.7 Å². The number of carbonyl (C=O) groups excluding carboxylic acids is 2. The second kappa shape index (κ2) is 11.3. The quantitative estimate of drug-likeness (QED) is 0.342. The number of hydrogen-bond acceptors (Lipinski definition) is 5. The minimum atomic E-state index is -0.896. The van der Waals surface area contributed by atoms with Crippen molar-refractivity contribution in [3.05, 3.63) is 62.3 Å². The normalized spacial score (nSPS) is 10.8. The molecule has 0 aliphatic rings. The van der Waals surface area contributed by atoms with Crippen LogP contribution in [0.5, 0.6) is 0 Å². The van der Waals surface area contributed by atoms with Gasteiger partial charge in [-0.05, 0) is 47.1 Å². The van der Waals surface area contributed by atoms with E-state index in [2.05, 4.69) is 36.8 Å². The first-order valence-corrected chi connectivity index (χ1v) is 12.0. The summed E-state index contributed by atoms with van der Waals surface area (Å²) in [5.74, 6) is -2.20. The van der Waals surface area contributed by atoms with Crippen LogP contribution in [0.3, 0.4) is 0 Å². The molecule has 33 heavy (non-hydrogen) atoms. The fraction of sp³-hybridized carbons (Fsp3) is 0.200. The molecule has 0 saturated heterocycles. The Morgan fingerprint density at radius 3 is 2.52 bits per heavy atom. The third-order valence-electron chi connectivity index (χ3n) is 4.24. The van der Waals surface area contributed by atoms with Gasteiger partial charge in [0, 0.05) is 22.8 Å². The van der Waals surface area contributed by atoms with E-state index in [1.54, 1.807) is 16.7 Å². The van der Waals surface area contributed by atoms with Crippen molar-refractivity contribution < 1.29 is 18.4 Å². The Hall–Kier alpha value is -2.21. The van der Waals surface area contributed by atoms with Crippen molar-refractivity contribution in [1.82, 2.24) is 14.8 Å². The lowest BCUT2D eigenvalue weighted by molar-refractivity contribution is -0.116. The van der Waals surface area contributed by atoms with Crippen LogP contribution in [-0.4, -0.2) is 32.3 Å². The predicted octanol–water partition coefficient (Wildman–Crippen LogP) is 5.56. The molecule has 0 atom stereocenters. The van der Waals surface area contributed by atoms with Gasteiger partial charge in [0.05, 0.1) is 27.9 Å². The van der Waals surface area contributed by atoms with Crippen LogP contribution < -0.4 is 10.6 Å². The molecule has 2 N–H and O–H groups in total. The number of nitrogens with zero attached hydrogens (tertiary/aromatic N) is 3. The van der Waals surface area contributed by atoms with Crippen LogP contribution in [0.4, 0.5) is 20.2 Å². The third-order valence-corrected chi connectivity index (χ3v) is 6.57. The number of halogens is 5. The Balaban J connectivity index is 1.61. The van der Waals surface area contributed by atoms with Crippen molar-refractivity contribution in [3.63, 3.8) is 0 Å². The number of benzene rings is 2. The van der Waals surface area contributed by atoms with Gasteiger partial charge >= 0.3 is 0 Å². The van der Waals surface area contributed by atoms with Crippen molar-refractivity contribution in [2.75, 3.05) is 16.4 Å². The first kappa shape index (κ1) is 25.4. The van der Waals surface area contributed by atoms with Crippen molar-refractivity contribution in [3.8, 4) is 0 Å². The number of nitrogens with one attached hydrogen (secondary N) is 2. The summed E-state index contributed by atoms with van der Waals surface area (Å²) in [6, 6.07) is 6.46. The molecule has 2 aromatic carbocycles. The summed E-state index contributed by atoms with van der Waals surface area (Å²) in [4.78, 5) is 24.7. The van der Waals surface area contributed by atoms with E-state index in [0.29, 0.717) is 39.3 Å². The minimum absolute atomic E-state index is 0.0540. The summed E-state index contributed by atoms with van der Waals surface area (Å²) in [5.41, 5.74) is 0.334. The molecule has 2 amide bonds. The van der Waals surface area contributed by atoms with Crippen LogP contribution >= 0.6 is 50.9 Å². The molecular weight excluding hydrogens is 563 g/mol. The van der Waals surface area contributed by atoms with Gasteiger partial charge in [0.25, 0.3) is 0 Å². The van der Waals surface area contributed by atoms with Crippen LogP contribution in [0.15, 0.2) is 40.0 Å². The van der Waals surface area contributed by atoms with Gasteiger partial charge in [-0.1, -0.05) is 35.0 Å². The Kier molecular flexibility index (Phi) is 8.69. The van der Waals surface area contributed by atoms with Crippen molar-refractivity contribution >= 4 is 74.1 Å². The fourth-order valence-electron chi connectivity index (χ4n) is 2.76. The first-order valence-electron chi connectivity index (χ1n) is 9.42. The standard InChI is InChI=1S/C20H16BrCl2F2N5O2S/c1-2-30-16(8-17(31)26-11-3-4-13(22)14(23)7-11)28-29-20(30)33-9-18(32)27-19-12(21)5-10(24)6-15(19)25/h3-7H,2,8-9H2,1H3,(H,26,31)(H,27,32). The molecule has 0 spiro atoms. The summed E-state index contributed by atoms with van der Waals surface area (Å²) in [6.07, 6.45) is -0.0540. The largest absolute Gasteiger partial charge is 0.326 e. The number of rotatable bonds is 8. The SMILES string of the molecule is CCn1c(CC(=O)Nc2ccc(Cl)c(Cl)c2)nnc1SCC(=O)Nc1c(F)cc(F)cc1Br. The molecule has 1 aromatic heterocycles. The highest BCUT2D eigenvalue weighted by molar-refractivity contribution is 9.10. The zero-order valence-electron chi connectivity index (χ0n) is 17.0. The molecule has 0 radical (unpaired) electrons. The molecule has 0 unspecified atom stereocenters. The average molecular weight is 579 g/mol. The average Bonchev–Trinajstić information content (AvgIpc) is 3.13. The van der Waals surface area contributed by atoms with Gasteiger partial charge in [-0.15, -0.1) is 10.2 Å². The molecular formula is C20H16BrCl2F2N5O2S. The molecule has 0 bridgehead atoms. The van der Waals surface area contributed by atoms with Gasteiger partial charge in [0.15, 0.2) is 11.0 Å². The summed E-state index contributed by atoms with van der Waals surface area (Å²) >= 11 is 15.9. The summed E-state index contributed by atoms with van der Waals surface area (Å²) in [7, 11) is 0. The fourth-order valence-corrected chi connectivity index (χ4v) is 4.39. The molecule has 3 aromatic rings. The maximum Gasteiger partial charge on any atom is 0.234 e. The lowest BCUT2D eigenvalue weighted by Crippen LogP contribution is -2.18. The second-order valence-electron chi connectivity index (χ2n) is 6.58. The molecule has 1 heterocycles. The summed E-state index contributed by atoms with van der Waals surface area (Å²) < 4.78 is 28.9. The Labute approximate surface area is 210 Å². The number of thioether (sulfide) groups is 1. The highest BCUT2D eigenvalue weighted by Gasteiger charge is 2.18. The minimum Gasteiger partial charge on any atom is -0.326 e. The molecule has 13 heteroatoms. The van der Waals surface area contributed by atoms with Gasteiger partial charge in [-0.2, -0.15) is 0 Å². The number of amides is 2. The molecule has 7 nitrogen and oxygen atoms in total. The predicted molar refractivity (Wildman–Crippen MR) is 128 cm³/mol. The van der Waals surface area contributed by atoms with E-state index in [1.807, 2.05) is 6.92 Å². The Bertz CT molecular complexity index is 1190. The van der Waals surface area contributed by atoms with Gasteiger partial charge in [-0.25, -0.2) is 8.78 Å². The van der Waals surface area contributed by atoms with E-state index in [0.717, 1.165) is 17.8 Å². The molecule has 0 fully saturated rings. The van der Waals surface area contributed by atoms with Gasteiger partial charge in [-0.3, -0.25) is 9.59 Å². The van der Waals surface area contributed by atoms with E-state index < -0.39 is 17.5 Å². The first-order chi connectivity index (χ1) is 15.7. The van der Waals surface area contributed by atoms with E-state index in [1.165, 1.54) is 6.07 Å². The zero-order valence-corrected chi connectivity index (χ0v) is 20.9. The van der Waals surface area contributed by atoms with Crippen LogP contribution in [-0.2, 0) is 22.6 Å². The van der Waals surface area contributed by atoms with Crippen LogP contribution in [0, 0.1) is 11.6 Å². The smallest absolute Gasteiger partial charge is 0.234 e. The van der Waals surface area contributed by atoms with E-state index >= 15 is 0 Å². The van der Waals surface area contributed by atoms with Crippen molar-refractivity contribution in [1.29, 1.82) is 0 Å². The van der Waals surface area contributed by atoms with Crippen molar-refractivity contribution in [2.24, 2.45) is 0 Å². The topological polar surface area (TPSA) is 88.9 Å². The Morgan fingerprint density at radius 1 is 1.09 bits per heavy atom. The van der Waals surface area contributed by atoms with E-state index in [4.69, 9.17) is 23.2 Å². The van der Waals surface area contributed by atoms with E-state index in [9.17, 15) is 18.4 Å². The number of hydrogen-bond donors (Lipinski definition) is 2. The third kappa shape index (κ3) is 6.66. The van der Waals surface area contributed by atoms with Crippen LogP contribution in [0.2, 0.25) is 10.0 Å². The zero-order chi connectivity index (χ0) is 24.1. The van der Waals surface area contributed by atoms with Gasteiger partial charge in [0.2, 0.25) is 11.8 Å². The molecule has 174 valence electrons. The summed E-state index contributed by atoms with van der Waals surface area (Å²) in [6.45, 7) is 2.31. The lowest BCUT2D eigenvalue weighted by atomic mass is 10.3. The monoisotopic (exact) mass is 577 g/mol. The van der Waals surface area contributed by atoms with Gasteiger partial charge in [0.1, 0.15) is 11.6 Å². The highest BCUT2D eigenvalue weighted by atomic mass is 79.9. The molecule has 0 aliphatic carbocycles. The van der Waals surface area contributed by atoms with Crippen LogP contribution in [0.25, 0.3) is 0 Å². The maximum atomic E-state index is 13.9. The molecule has 0 saturated carbocycles.